The molecule has 2 nitrogen and oxygen atoms in total. The average Bonchev–Trinajstić information content (AvgIpc) is 2.38. The maximum atomic E-state index is 14.0. The molecule has 1 aliphatic rings. The summed E-state index contributed by atoms with van der Waals surface area (Å²) in [4.78, 5) is 0. The number of nitrogens with one attached hydrogen (secondary N) is 1. The van der Waals surface area contributed by atoms with E-state index in [9.17, 15) is 4.39 Å². The summed E-state index contributed by atoms with van der Waals surface area (Å²) in [6, 6.07) is 5.61. The van der Waals surface area contributed by atoms with Gasteiger partial charge in [-0.15, -0.1) is 0 Å². The van der Waals surface area contributed by atoms with Gasteiger partial charge in [-0.3, -0.25) is 0 Å². The summed E-state index contributed by atoms with van der Waals surface area (Å²) < 4.78 is 19.3. The van der Waals surface area contributed by atoms with Crippen LogP contribution in [0.5, 0.6) is 0 Å². The van der Waals surface area contributed by atoms with E-state index in [2.05, 4.69) is 5.32 Å². The maximum Gasteiger partial charge on any atom is 0.128 e. The highest BCUT2D eigenvalue weighted by atomic mass is 19.1. The van der Waals surface area contributed by atoms with Crippen LogP contribution in [0.4, 0.5) is 4.39 Å². The van der Waals surface area contributed by atoms with E-state index in [-0.39, 0.29) is 11.9 Å². The second-order valence-electron chi connectivity index (χ2n) is 5.16. The van der Waals surface area contributed by atoms with Crippen molar-refractivity contribution in [1.29, 1.82) is 0 Å². The molecule has 1 aromatic rings. The van der Waals surface area contributed by atoms with Crippen LogP contribution in [0.3, 0.4) is 0 Å². The van der Waals surface area contributed by atoms with Crippen LogP contribution >= 0.6 is 0 Å². The number of benzene rings is 1. The van der Waals surface area contributed by atoms with Gasteiger partial charge in [0.25, 0.3) is 0 Å². The quantitative estimate of drug-likeness (QED) is 0.887. The number of hydrogen-bond donors (Lipinski definition) is 1. The van der Waals surface area contributed by atoms with Crippen LogP contribution in [0.15, 0.2) is 18.2 Å². The van der Waals surface area contributed by atoms with Gasteiger partial charge in [0, 0.05) is 24.8 Å². The molecule has 1 aliphatic heterocycles. The molecule has 1 aromatic carbocycles. The van der Waals surface area contributed by atoms with Gasteiger partial charge in [0.1, 0.15) is 5.82 Å². The molecule has 0 spiro atoms. The molecule has 1 atom stereocenters. The lowest BCUT2D eigenvalue weighted by Gasteiger charge is -2.27. The van der Waals surface area contributed by atoms with Gasteiger partial charge in [-0.05, 0) is 50.8 Å². The molecule has 1 unspecified atom stereocenters. The summed E-state index contributed by atoms with van der Waals surface area (Å²) in [5, 5.41) is 3.25. The van der Waals surface area contributed by atoms with Crippen LogP contribution in [-0.4, -0.2) is 20.3 Å². The average molecular weight is 251 g/mol. The molecule has 100 valence electrons. The van der Waals surface area contributed by atoms with Gasteiger partial charge < -0.3 is 10.1 Å². The molecule has 0 amide bonds. The topological polar surface area (TPSA) is 21.3 Å². The Bertz CT molecular complexity index is 388. The standard InChI is InChI=1S/C15H22FNO/c1-11-3-4-13(14(16)9-11)15(17-2)10-12-5-7-18-8-6-12/h3-4,9,12,15,17H,5-8,10H2,1-2H3. The molecule has 18 heavy (non-hydrogen) atoms. The Morgan fingerprint density at radius 1 is 1.39 bits per heavy atom. The zero-order valence-corrected chi connectivity index (χ0v) is 11.2. The number of hydrogen-bond acceptors (Lipinski definition) is 2. The van der Waals surface area contributed by atoms with Crippen molar-refractivity contribution in [2.45, 2.75) is 32.2 Å². The van der Waals surface area contributed by atoms with E-state index in [1.54, 1.807) is 6.07 Å². The highest BCUT2D eigenvalue weighted by Crippen LogP contribution is 2.29. The Balaban J connectivity index is 2.07. The molecule has 0 aromatic heterocycles. The van der Waals surface area contributed by atoms with Gasteiger partial charge in [0.15, 0.2) is 0 Å². The molecule has 1 heterocycles. The largest absolute Gasteiger partial charge is 0.381 e. The van der Waals surface area contributed by atoms with Crippen LogP contribution < -0.4 is 5.32 Å². The fraction of sp³-hybridized carbons (Fsp3) is 0.600. The van der Waals surface area contributed by atoms with E-state index in [0.29, 0.717) is 5.92 Å². The van der Waals surface area contributed by atoms with Gasteiger partial charge >= 0.3 is 0 Å². The van der Waals surface area contributed by atoms with Crippen LogP contribution in [0.2, 0.25) is 0 Å². The van der Waals surface area contributed by atoms with Crippen molar-refractivity contribution in [3.63, 3.8) is 0 Å². The fourth-order valence-corrected chi connectivity index (χ4v) is 2.63. The van der Waals surface area contributed by atoms with Crippen molar-refractivity contribution >= 4 is 0 Å². The number of ether oxygens (including phenoxy) is 1. The monoisotopic (exact) mass is 251 g/mol. The van der Waals surface area contributed by atoms with Crippen LogP contribution in [0, 0.1) is 18.7 Å². The third kappa shape index (κ3) is 3.30. The Morgan fingerprint density at radius 3 is 2.72 bits per heavy atom. The summed E-state index contributed by atoms with van der Waals surface area (Å²) in [5.41, 5.74) is 1.76. The Morgan fingerprint density at radius 2 is 2.11 bits per heavy atom. The molecule has 1 saturated heterocycles. The lowest BCUT2D eigenvalue weighted by atomic mass is 9.89. The van der Waals surface area contributed by atoms with Crippen molar-refractivity contribution in [2.24, 2.45) is 5.92 Å². The van der Waals surface area contributed by atoms with Crippen molar-refractivity contribution in [1.82, 2.24) is 5.32 Å². The van der Waals surface area contributed by atoms with Gasteiger partial charge in [0.05, 0.1) is 0 Å². The second-order valence-corrected chi connectivity index (χ2v) is 5.16. The van der Waals surface area contributed by atoms with Crippen LogP contribution in [-0.2, 0) is 4.74 Å². The molecular weight excluding hydrogens is 229 g/mol. The first-order valence-corrected chi connectivity index (χ1v) is 6.71. The molecule has 0 radical (unpaired) electrons. The molecule has 0 bridgehead atoms. The van der Waals surface area contributed by atoms with E-state index in [4.69, 9.17) is 4.74 Å². The highest BCUT2D eigenvalue weighted by Gasteiger charge is 2.21. The van der Waals surface area contributed by atoms with Gasteiger partial charge in [-0.1, -0.05) is 12.1 Å². The Labute approximate surface area is 109 Å². The first-order chi connectivity index (χ1) is 8.70. The minimum absolute atomic E-state index is 0.0959. The third-order valence-corrected chi connectivity index (χ3v) is 3.79. The highest BCUT2D eigenvalue weighted by molar-refractivity contribution is 5.26. The maximum absolute atomic E-state index is 14.0. The number of rotatable bonds is 4. The molecule has 1 N–H and O–H groups in total. The summed E-state index contributed by atoms with van der Waals surface area (Å²) >= 11 is 0. The van der Waals surface area contributed by atoms with E-state index in [1.807, 2.05) is 26.1 Å². The summed E-state index contributed by atoms with van der Waals surface area (Å²) in [5.74, 6) is 0.540. The summed E-state index contributed by atoms with van der Waals surface area (Å²) in [6.45, 7) is 3.61. The van der Waals surface area contributed by atoms with Gasteiger partial charge in [0.2, 0.25) is 0 Å². The summed E-state index contributed by atoms with van der Waals surface area (Å²) in [6.07, 6.45) is 3.16. The van der Waals surface area contributed by atoms with Crippen molar-refractivity contribution < 1.29 is 9.13 Å². The Hall–Kier alpha value is -0.930. The van der Waals surface area contributed by atoms with E-state index >= 15 is 0 Å². The van der Waals surface area contributed by atoms with Gasteiger partial charge in [-0.25, -0.2) is 4.39 Å². The molecule has 0 aliphatic carbocycles. The molecular formula is C15H22FNO. The van der Waals surface area contributed by atoms with Crippen LogP contribution in [0.1, 0.15) is 36.4 Å². The zero-order chi connectivity index (χ0) is 13.0. The fourth-order valence-electron chi connectivity index (χ4n) is 2.63. The van der Waals surface area contributed by atoms with Crippen molar-refractivity contribution in [3.8, 4) is 0 Å². The Kier molecular flexibility index (Phi) is 4.72. The van der Waals surface area contributed by atoms with E-state index in [0.717, 1.165) is 43.6 Å². The molecule has 1 fully saturated rings. The SMILES string of the molecule is CNC(CC1CCOCC1)c1ccc(C)cc1F. The zero-order valence-electron chi connectivity index (χ0n) is 11.2. The van der Waals surface area contributed by atoms with Crippen molar-refractivity contribution in [2.75, 3.05) is 20.3 Å². The first kappa shape index (κ1) is 13.5. The second kappa shape index (κ2) is 6.30. The normalized spacial score (nSPS) is 18.8. The predicted molar refractivity (Wildman–Crippen MR) is 71.1 cm³/mol. The lowest BCUT2D eigenvalue weighted by molar-refractivity contribution is 0.0607. The first-order valence-electron chi connectivity index (χ1n) is 6.71. The minimum atomic E-state index is -0.0959. The van der Waals surface area contributed by atoms with E-state index in [1.165, 1.54) is 0 Å². The van der Waals surface area contributed by atoms with Crippen molar-refractivity contribution in [3.05, 3.63) is 35.1 Å². The van der Waals surface area contributed by atoms with Crippen LogP contribution in [0.25, 0.3) is 0 Å². The smallest absolute Gasteiger partial charge is 0.128 e. The lowest BCUT2D eigenvalue weighted by Crippen LogP contribution is -2.24. The molecule has 2 rings (SSSR count). The van der Waals surface area contributed by atoms with Gasteiger partial charge in [-0.2, -0.15) is 0 Å². The summed E-state index contributed by atoms with van der Waals surface area (Å²) in [7, 11) is 1.91. The van der Waals surface area contributed by atoms with E-state index < -0.39 is 0 Å². The number of aryl methyl sites for hydroxylation is 1. The third-order valence-electron chi connectivity index (χ3n) is 3.79. The molecule has 0 saturated carbocycles. The number of halogens is 1. The minimum Gasteiger partial charge on any atom is -0.381 e. The molecule has 3 heteroatoms. The predicted octanol–water partition coefficient (Wildman–Crippen LogP) is 3.21.